The summed E-state index contributed by atoms with van der Waals surface area (Å²) in [5.41, 5.74) is 0. The van der Waals surface area contributed by atoms with E-state index in [1.165, 1.54) is 19.3 Å². The molecule has 2 fully saturated rings. The molecule has 76 valence electrons. The van der Waals surface area contributed by atoms with E-state index in [0.29, 0.717) is 0 Å². The number of hydrogen-bond donors (Lipinski definition) is 1. The van der Waals surface area contributed by atoms with Gasteiger partial charge in [0, 0.05) is 0 Å². The fraction of sp³-hybridized carbons (Fsp3) is 1.00. The van der Waals surface area contributed by atoms with E-state index < -0.39 is 0 Å². The van der Waals surface area contributed by atoms with Gasteiger partial charge in [-0.1, -0.05) is 13.8 Å². The highest BCUT2D eigenvalue weighted by Gasteiger charge is 2.36. The Morgan fingerprint density at radius 1 is 0.846 bits per heavy atom. The number of hydrogen-bond acceptors (Lipinski definition) is 1. The van der Waals surface area contributed by atoms with Gasteiger partial charge in [-0.3, -0.25) is 0 Å². The third-order valence-electron chi connectivity index (χ3n) is 4.43. The second kappa shape index (κ2) is 3.61. The molecule has 4 unspecified atom stereocenters. The molecule has 1 heteroatoms. The first-order valence-corrected chi connectivity index (χ1v) is 5.85. The van der Waals surface area contributed by atoms with Gasteiger partial charge < -0.3 is 5.11 Å². The summed E-state index contributed by atoms with van der Waals surface area (Å²) in [7, 11) is 0. The highest BCUT2D eigenvalue weighted by Crippen LogP contribution is 2.44. The summed E-state index contributed by atoms with van der Waals surface area (Å²) in [4.78, 5) is 0. The van der Waals surface area contributed by atoms with Crippen molar-refractivity contribution in [3.63, 3.8) is 0 Å². The van der Waals surface area contributed by atoms with Crippen molar-refractivity contribution in [2.24, 2.45) is 23.7 Å². The van der Waals surface area contributed by atoms with Crippen LogP contribution in [0, 0.1) is 23.7 Å². The van der Waals surface area contributed by atoms with E-state index in [1.807, 2.05) is 0 Å². The van der Waals surface area contributed by atoms with Crippen LogP contribution in [0.2, 0.25) is 0 Å². The minimum absolute atomic E-state index is 0.0156. The molecule has 0 aliphatic heterocycles. The highest BCUT2D eigenvalue weighted by atomic mass is 16.3. The Balaban J connectivity index is 1.98. The fourth-order valence-corrected chi connectivity index (χ4v) is 3.32. The topological polar surface area (TPSA) is 20.2 Å². The zero-order valence-electron chi connectivity index (χ0n) is 8.87. The molecular formula is C12H22O. The number of aliphatic hydroxyl groups excluding tert-OH is 1. The molecule has 0 heterocycles. The Morgan fingerprint density at radius 3 is 2.15 bits per heavy atom. The van der Waals surface area contributed by atoms with Crippen LogP contribution in [0.3, 0.4) is 0 Å². The lowest BCUT2D eigenvalue weighted by atomic mass is 9.64. The van der Waals surface area contributed by atoms with Gasteiger partial charge in [-0.25, -0.2) is 0 Å². The molecule has 0 aromatic carbocycles. The van der Waals surface area contributed by atoms with Crippen LogP contribution in [0.5, 0.6) is 0 Å². The fourth-order valence-electron chi connectivity index (χ4n) is 3.32. The lowest BCUT2D eigenvalue weighted by Crippen LogP contribution is -2.35. The largest absolute Gasteiger partial charge is 0.393 e. The molecule has 0 bridgehead atoms. The van der Waals surface area contributed by atoms with Gasteiger partial charge in [0.15, 0.2) is 0 Å². The summed E-state index contributed by atoms with van der Waals surface area (Å²) in [6.45, 7) is 4.77. The molecule has 13 heavy (non-hydrogen) atoms. The summed E-state index contributed by atoms with van der Waals surface area (Å²) in [6, 6.07) is 0. The molecule has 0 aromatic heterocycles. The standard InChI is InChI=1S/C12H22O/c1-8-5-10-3-4-12(13)7-11(10)6-9(8)2/h8-13H,3-7H2,1-2H3/t8?,9?,10?,11-,12?/m1/s1. The predicted molar refractivity (Wildman–Crippen MR) is 54.4 cm³/mol. The molecule has 2 aliphatic carbocycles. The smallest absolute Gasteiger partial charge is 0.0543 e. The molecular weight excluding hydrogens is 160 g/mol. The van der Waals surface area contributed by atoms with Crippen LogP contribution in [-0.2, 0) is 0 Å². The van der Waals surface area contributed by atoms with Gasteiger partial charge in [-0.05, 0) is 55.8 Å². The average Bonchev–Trinajstić information content (AvgIpc) is 2.08. The molecule has 0 amide bonds. The van der Waals surface area contributed by atoms with Crippen molar-refractivity contribution in [3.05, 3.63) is 0 Å². The van der Waals surface area contributed by atoms with Gasteiger partial charge in [0.05, 0.1) is 6.10 Å². The molecule has 5 atom stereocenters. The minimum atomic E-state index is 0.0156. The lowest BCUT2D eigenvalue weighted by molar-refractivity contribution is 0.0201. The van der Waals surface area contributed by atoms with Gasteiger partial charge in [-0.2, -0.15) is 0 Å². The second-order valence-electron chi connectivity index (χ2n) is 5.41. The van der Waals surface area contributed by atoms with Crippen molar-refractivity contribution in [1.82, 2.24) is 0 Å². The van der Waals surface area contributed by atoms with E-state index in [1.54, 1.807) is 0 Å². The molecule has 1 nitrogen and oxygen atoms in total. The number of fused-ring (bicyclic) bond motifs is 1. The van der Waals surface area contributed by atoms with E-state index in [-0.39, 0.29) is 6.10 Å². The second-order valence-corrected chi connectivity index (χ2v) is 5.41. The van der Waals surface area contributed by atoms with Crippen LogP contribution in [0.25, 0.3) is 0 Å². The summed E-state index contributed by atoms with van der Waals surface area (Å²) in [5.74, 6) is 3.58. The van der Waals surface area contributed by atoms with Gasteiger partial charge >= 0.3 is 0 Å². The van der Waals surface area contributed by atoms with E-state index in [2.05, 4.69) is 13.8 Å². The first-order valence-electron chi connectivity index (χ1n) is 5.85. The van der Waals surface area contributed by atoms with E-state index >= 15 is 0 Å². The van der Waals surface area contributed by atoms with Crippen LogP contribution >= 0.6 is 0 Å². The normalized spacial score (nSPS) is 51.5. The number of rotatable bonds is 0. The zero-order valence-corrected chi connectivity index (χ0v) is 8.87. The molecule has 2 aliphatic rings. The number of aliphatic hydroxyl groups is 1. The summed E-state index contributed by atoms with van der Waals surface area (Å²) >= 11 is 0. The first-order chi connectivity index (χ1) is 6.16. The molecule has 0 radical (unpaired) electrons. The van der Waals surface area contributed by atoms with Crippen molar-refractivity contribution in [2.75, 3.05) is 0 Å². The summed E-state index contributed by atoms with van der Waals surface area (Å²) in [5, 5.41) is 9.60. The maximum atomic E-state index is 9.60. The van der Waals surface area contributed by atoms with E-state index in [0.717, 1.165) is 36.5 Å². The Bertz CT molecular complexity index is 178. The maximum absolute atomic E-state index is 9.60. The lowest BCUT2D eigenvalue weighted by Gasteiger charge is -2.43. The van der Waals surface area contributed by atoms with Crippen molar-refractivity contribution in [1.29, 1.82) is 0 Å². The third-order valence-corrected chi connectivity index (χ3v) is 4.43. The van der Waals surface area contributed by atoms with Crippen molar-refractivity contribution < 1.29 is 5.11 Å². The highest BCUT2D eigenvalue weighted by molar-refractivity contribution is 4.87. The van der Waals surface area contributed by atoms with E-state index in [4.69, 9.17) is 0 Å². The monoisotopic (exact) mass is 182 g/mol. The Morgan fingerprint density at radius 2 is 1.46 bits per heavy atom. The van der Waals surface area contributed by atoms with Crippen LogP contribution < -0.4 is 0 Å². The summed E-state index contributed by atoms with van der Waals surface area (Å²) < 4.78 is 0. The molecule has 1 N–H and O–H groups in total. The van der Waals surface area contributed by atoms with Crippen LogP contribution in [0.1, 0.15) is 46.0 Å². The molecule has 0 aromatic rings. The van der Waals surface area contributed by atoms with E-state index in [9.17, 15) is 5.11 Å². The Hall–Kier alpha value is -0.0400. The van der Waals surface area contributed by atoms with Gasteiger partial charge in [0.2, 0.25) is 0 Å². The minimum Gasteiger partial charge on any atom is -0.393 e. The summed E-state index contributed by atoms with van der Waals surface area (Å²) in [6.07, 6.45) is 6.22. The Kier molecular flexibility index (Phi) is 2.64. The van der Waals surface area contributed by atoms with Gasteiger partial charge in [0.25, 0.3) is 0 Å². The first kappa shape index (κ1) is 9.51. The third kappa shape index (κ3) is 1.90. The molecule has 2 rings (SSSR count). The van der Waals surface area contributed by atoms with Crippen LogP contribution in [0.4, 0.5) is 0 Å². The van der Waals surface area contributed by atoms with Gasteiger partial charge in [-0.15, -0.1) is 0 Å². The molecule has 0 saturated heterocycles. The SMILES string of the molecule is CC1CC2CCC(O)C[C@H]2CC1C. The van der Waals surface area contributed by atoms with Crippen LogP contribution in [0.15, 0.2) is 0 Å². The zero-order chi connectivity index (χ0) is 9.42. The van der Waals surface area contributed by atoms with Crippen molar-refractivity contribution in [3.8, 4) is 0 Å². The van der Waals surface area contributed by atoms with Gasteiger partial charge in [0.1, 0.15) is 0 Å². The van der Waals surface area contributed by atoms with Crippen molar-refractivity contribution in [2.45, 2.75) is 52.1 Å². The quantitative estimate of drug-likeness (QED) is 0.611. The molecule has 0 spiro atoms. The predicted octanol–water partition coefficient (Wildman–Crippen LogP) is 2.83. The maximum Gasteiger partial charge on any atom is 0.0543 e. The average molecular weight is 182 g/mol. The van der Waals surface area contributed by atoms with Crippen molar-refractivity contribution >= 4 is 0 Å². The Labute approximate surface area is 81.5 Å². The van der Waals surface area contributed by atoms with Crippen LogP contribution in [-0.4, -0.2) is 11.2 Å². The molecule has 2 saturated carbocycles.